The van der Waals surface area contributed by atoms with Gasteiger partial charge in [0.1, 0.15) is 5.60 Å². The number of methoxy groups -OCH3 is 1. The molecule has 1 atom stereocenters. The van der Waals surface area contributed by atoms with Gasteiger partial charge in [-0.15, -0.1) is 0 Å². The van der Waals surface area contributed by atoms with Crippen LogP contribution in [0.2, 0.25) is 0 Å². The highest BCUT2D eigenvalue weighted by Gasteiger charge is 2.22. The Kier molecular flexibility index (Phi) is 13.1. The molecule has 0 aliphatic rings. The number of ether oxygens (including phenoxy) is 2. The first-order chi connectivity index (χ1) is 13.5. The van der Waals surface area contributed by atoms with Crippen molar-refractivity contribution in [2.75, 3.05) is 33.8 Å². The predicted molar refractivity (Wildman–Crippen MR) is 117 cm³/mol. The van der Waals surface area contributed by atoms with Crippen LogP contribution in [0.15, 0.2) is 4.99 Å². The molecular formula is C21H42N4O4. The quantitative estimate of drug-likeness (QED) is 0.233. The van der Waals surface area contributed by atoms with Crippen LogP contribution in [0, 0.1) is 5.92 Å². The van der Waals surface area contributed by atoms with E-state index in [0.717, 1.165) is 38.3 Å². The van der Waals surface area contributed by atoms with Gasteiger partial charge >= 0.3 is 12.1 Å². The molecule has 0 aromatic carbocycles. The lowest BCUT2D eigenvalue weighted by Crippen LogP contribution is -2.45. The second kappa shape index (κ2) is 14.1. The zero-order chi connectivity index (χ0) is 22.4. The van der Waals surface area contributed by atoms with E-state index in [1.54, 1.807) is 0 Å². The van der Waals surface area contributed by atoms with Crippen LogP contribution in [-0.4, -0.2) is 68.4 Å². The summed E-state index contributed by atoms with van der Waals surface area (Å²) in [4.78, 5) is 30.0. The zero-order valence-electron chi connectivity index (χ0n) is 19.6. The van der Waals surface area contributed by atoms with Crippen molar-refractivity contribution in [3.63, 3.8) is 0 Å². The van der Waals surface area contributed by atoms with E-state index in [2.05, 4.69) is 39.1 Å². The van der Waals surface area contributed by atoms with Crippen LogP contribution in [0.3, 0.4) is 0 Å². The van der Waals surface area contributed by atoms with Crippen LogP contribution in [0.5, 0.6) is 0 Å². The third-order valence-corrected chi connectivity index (χ3v) is 4.26. The number of esters is 1. The van der Waals surface area contributed by atoms with Crippen LogP contribution in [0.4, 0.5) is 4.79 Å². The highest BCUT2D eigenvalue weighted by Crippen LogP contribution is 2.11. The molecule has 0 aliphatic carbocycles. The van der Waals surface area contributed by atoms with Gasteiger partial charge in [0, 0.05) is 39.1 Å². The second-order valence-corrected chi connectivity index (χ2v) is 8.48. The minimum atomic E-state index is -0.513. The number of rotatable bonds is 11. The molecule has 8 nitrogen and oxygen atoms in total. The van der Waals surface area contributed by atoms with Crippen LogP contribution < -0.4 is 10.6 Å². The van der Waals surface area contributed by atoms with Gasteiger partial charge in [0.2, 0.25) is 0 Å². The predicted octanol–water partition coefficient (Wildman–Crippen LogP) is 3.17. The number of aliphatic imine (C=N–C) groups is 1. The van der Waals surface area contributed by atoms with E-state index in [1.165, 1.54) is 7.11 Å². The summed E-state index contributed by atoms with van der Waals surface area (Å²) < 4.78 is 10.0. The molecular weight excluding hydrogens is 372 g/mol. The monoisotopic (exact) mass is 414 g/mol. The Labute approximate surface area is 176 Å². The zero-order valence-corrected chi connectivity index (χ0v) is 19.6. The van der Waals surface area contributed by atoms with Crippen molar-refractivity contribution in [1.29, 1.82) is 0 Å². The Morgan fingerprint density at radius 1 is 1.17 bits per heavy atom. The highest BCUT2D eigenvalue weighted by atomic mass is 16.6. The molecule has 0 spiro atoms. The number of carbonyl (C=O) groups excluding carboxylic acids is 2. The molecule has 0 aromatic rings. The lowest BCUT2D eigenvalue weighted by atomic mass is 10.0. The van der Waals surface area contributed by atoms with Gasteiger partial charge < -0.3 is 25.0 Å². The summed E-state index contributed by atoms with van der Waals surface area (Å²) in [5.74, 6) is 0.925. The molecule has 29 heavy (non-hydrogen) atoms. The lowest BCUT2D eigenvalue weighted by Gasteiger charge is -2.28. The number of nitrogens with zero attached hydrogens (tertiary/aromatic N) is 2. The van der Waals surface area contributed by atoms with Gasteiger partial charge in [0.15, 0.2) is 5.96 Å². The molecule has 2 N–H and O–H groups in total. The summed E-state index contributed by atoms with van der Waals surface area (Å²) in [5.41, 5.74) is -0.513. The summed E-state index contributed by atoms with van der Waals surface area (Å²) in [6.07, 6.45) is 2.40. The van der Waals surface area contributed by atoms with E-state index < -0.39 is 5.60 Å². The van der Waals surface area contributed by atoms with Gasteiger partial charge in [-0.2, -0.15) is 0 Å². The van der Waals surface area contributed by atoms with Crippen molar-refractivity contribution in [2.24, 2.45) is 10.9 Å². The molecule has 0 aromatic heterocycles. The summed E-state index contributed by atoms with van der Waals surface area (Å²) in [6, 6.07) is 0.00947. The molecule has 0 fully saturated rings. The molecule has 0 heterocycles. The maximum atomic E-state index is 12.1. The molecule has 170 valence electrons. The second-order valence-electron chi connectivity index (χ2n) is 8.48. The van der Waals surface area contributed by atoms with E-state index in [0.29, 0.717) is 13.0 Å². The standard InChI is InChI=1S/C21H42N4O4/c1-9-22-19(23-14-11-10-12-18(26)28-8)25(7)15-13-17(16(2)3)24-20(27)29-21(4,5)6/h16-17H,9-15H2,1-8H3,(H,22,23)(H,24,27). The van der Waals surface area contributed by atoms with Gasteiger partial charge in [-0.25, -0.2) is 4.79 Å². The summed E-state index contributed by atoms with van der Waals surface area (Å²) in [5, 5.41) is 6.27. The van der Waals surface area contributed by atoms with E-state index in [4.69, 9.17) is 4.74 Å². The number of hydrogen-bond acceptors (Lipinski definition) is 5. The van der Waals surface area contributed by atoms with Crippen molar-refractivity contribution in [3.8, 4) is 0 Å². The first kappa shape index (κ1) is 27.0. The first-order valence-corrected chi connectivity index (χ1v) is 10.6. The van der Waals surface area contributed by atoms with Crippen molar-refractivity contribution in [1.82, 2.24) is 15.5 Å². The van der Waals surface area contributed by atoms with Crippen molar-refractivity contribution in [3.05, 3.63) is 0 Å². The number of alkyl carbamates (subject to hydrolysis) is 1. The largest absolute Gasteiger partial charge is 0.469 e. The number of nitrogens with one attached hydrogen (secondary N) is 2. The molecule has 0 bridgehead atoms. The third kappa shape index (κ3) is 13.8. The van der Waals surface area contributed by atoms with Crippen LogP contribution in [-0.2, 0) is 14.3 Å². The van der Waals surface area contributed by atoms with Gasteiger partial charge in [-0.3, -0.25) is 9.79 Å². The maximum absolute atomic E-state index is 12.1. The molecule has 0 aliphatic heterocycles. The highest BCUT2D eigenvalue weighted by molar-refractivity contribution is 5.79. The van der Waals surface area contributed by atoms with Crippen molar-refractivity contribution < 1.29 is 19.1 Å². The number of unbranched alkanes of at least 4 members (excludes halogenated alkanes) is 1. The van der Waals surface area contributed by atoms with Crippen molar-refractivity contribution in [2.45, 2.75) is 78.9 Å². The number of carbonyl (C=O) groups is 2. The van der Waals surface area contributed by atoms with Crippen LogP contribution >= 0.6 is 0 Å². The van der Waals surface area contributed by atoms with Gasteiger partial charge in [-0.05, 0) is 52.9 Å². The van der Waals surface area contributed by atoms with Crippen LogP contribution in [0.25, 0.3) is 0 Å². The Bertz CT molecular complexity index is 515. The topological polar surface area (TPSA) is 92.3 Å². The fourth-order valence-corrected chi connectivity index (χ4v) is 2.61. The molecule has 0 radical (unpaired) electrons. The number of amides is 1. The Hall–Kier alpha value is -1.99. The van der Waals surface area contributed by atoms with E-state index in [1.807, 2.05) is 34.7 Å². The minimum Gasteiger partial charge on any atom is -0.469 e. The average Bonchev–Trinajstić information content (AvgIpc) is 2.61. The Morgan fingerprint density at radius 2 is 1.83 bits per heavy atom. The van der Waals surface area contributed by atoms with E-state index in [9.17, 15) is 9.59 Å². The average molecular weight is 415 g/mol. The molecule has 0 rings (SSSR count). The number of hydrogen-bond donors (Lipinski definition) is 2. The fraction of sp³-hybridized carbons (Fsp3) is 0.857. The van der Waals surface area contributed by atoms with Crippen LogP contribution in [0.1, 0.15) is 67.2 Å². The van der Waals surface area contributed by atoms with Crippen molar-refractivity contribution >= 4 is 18.0 Å². The fourth-order valence-electron chi connectivity index (χ4n) is 2.61. The molecule has 8 heteroatoms. The maximum Gasteiger partial charge on any atom is 0.407 e. The normalized spacial score (nSPS) is 13.1. The Morgan fingerprint density at radius 3 is 2.34 bits per heavy atom. The van der Waals surface area contributed by atoms with Gasteiger partial charge in [0.05, 0.1) is 7.11 Å². The first-order valence-electron chi connectivity index (χ1n) is 10.6. The van der Waals surface area contributed by atoms with Gasteiger partial charge in [0.25, 0.3) is 0 Å². The summed E-state index contributed by atoms with van der Waals surface area (Å²) >= 11 is 0. The smallest absolute Gasteiger partial charge is 0.407 e. The van der Waals surface area contributed by atoms with E-state index in [-0.39, 0.29) is 24.0 Å². The third-order valence-electron chi connectivity index (χ3n) is 4.26. The minimum absolute atomic E-state index is 0.00947. The van der Waals surface area contributed by atoms with E-state index >= 15 is 0 Å². The SMILES string of the molecule is CCNC(=NCCCCC(=O)OC)N(C)CCC(NC(=O)OC(C)(C)C)C(C)C. The van der Waals surface area contributed by atoms with Gasteiger partial charge in [-0.1, -0.05) is 13.8 Å². The molecule has 0 saturated heterocycles. The lowest BCUT2D eigenvalue weighted by molar-refractivity contribution is -0.140. The Balaban J connectivity index is 4.64. The molecule has 0 saturated carbocycles. The number of guanidine groups is 1. The summed E-state index contributed by atoms with van der Waals surface area (Å²) in [6.45, 7) is 13.9. The molecule has 1 amide bonds. The summed E-state index contributed by atoms with van der Waals surface area (Å²) in [7, 11) is 3.39. The molecule has 1 unspecified atom stereocenters.